The first-order valence-corrected chi connectivity index (χ1v) is 9.79. The standard InChI is InChI=1S/C21H18ClN3O2S/c1-3-27-17-7-4-14(5-8-17)19-13-28-21(25-19)15(11-23)12-24-18-10-16(22)6-9-20(18)26-2/h4-10,12-13,24H,3H2,1-2H3/b15-12+. The molecule has 0 aliphatic rings. The summed E-state index contributed by atoms with van der Waals surface area (Å²) in [6, 6.07) is 15.1. The molecule has 0 unspecified atom stereocenters. The molecule has 0 aliphatic heterocycles. The van der Waals surface area contributed by atoms with Gasteiger partial charge in [-0.3, -0.25) is 0 Å². The Morgan fingerprint density at radius 3 is 2.75 bits per heavy atom. The summed E-state index contributed by atoms with van der Waals surface area (Å²) < 4.78 is 10.8. The van der Waals surface area contributed by atoms with Gasteiger partial charge in [-0.1, -0.05) is 11.6 Å². The van der Waals surface area contributed by atoms with Crippen molar-refractivity contribution in [1.82, 2.24) is 4.98 Å². The number of nitriles is 1. The lowest BCUT2D eigenvalue weighted by Gasteiger charge is -2.08. The maximum absolute atomic E-state index is 9.55. The van der Waals surface area contributed by atoms with E-state index in [1.165, 1.54) is 11.3 Å². The second kappa shape index (κ2) is 9.27. The van der Waals surface area contributed by atoms with Gasteiger partial charge in [0.05, 0.1) is 25.1 Å². The lowest BCUT2D eigenvalue weighted by atomic mass is 10.2. The summed E-state index contributed by atoms with van der Waals surface area (Å²) in [7, 11) is 1.58. The van der Waals surface area contributed by atoms with E-state index in [9.17, 15) is 5.26 Å². The molecule has 0 bridgehead atoms. The van der Waals surface area contributed by atoms with Crippen molar-refractivity contribution in [3.8, 4) is 28.8 Å². The molecule has 0 saturated carbocycles. The molecule has 0 radical (unpaired) electrons. The van der Waals surface area contributed by atoms with Gasteiger partial charge < -0.3 is 14.8 Å². The fraction of sp³-hybridized carbons (Fsp3) is 0.143. The van der Waals surface area contributed by atoms with Crippen molar-refractivity contribution in [3.05, 3.63) is 64.1 Å². The number of halogens is 1. The molecule has 142 valence electrons. The van der Waals surface area contributed by atoms with Gasteiger partial charge in [0.15, 0.2) is 0 Å². The number of ether oxygens (including phenoxy) is 2. The first kappa shape index (κ1) is 19.7. The Balaban J connectivity index is 1.81. The molecule has 1 aromatic heterocycles. The van der Waals surface area contributed by atoms with Gasteiger partial charge in [0.1, 0.15) is 28.1 Å². The van der Waals surface area contributed by atoms with E-state index in [0.717, 1.165) is 17.0 Å². The molecule has 5 nitrogen and oxygen atoms in total. The first-order valence-electron chi connectivity index (χ1n) is 8.54. The highest BCUT2D eigenvalue weighted by Gasteiger charge is 2.10. The Hall–Kier alpha value is -3.01. The van der Waals surface area contributed by atoms with Crippen molar-refractivity contribution in [2.75, 3.05) is 19.0 Å². The van der Waals surface area contributed by atoms with E-state index >= 15 is 0 Å². The second-order valence-electron chi connectivity index (χ2n) is 5.65. The third-order valence-corrected chi connectivity index (χ3v) is 4.96. The van der Waals surface area contributed by atoms with Crippen LogP contribution in [0.3, 0.4) is 0 Å². The number of allylic oxidation sites excluding steroid dienone is 1. The molecule has 7 heteroatoms. The molecule has 0 aliphatic carbocycles. The number of aromatic nitrogens is 1. The van der Waals surface area contributed by atoms with Crippen LogP contribution in [0.5, 0.6) is 11.5 Å². The molecule has 0 fully saturated rings. The molecular formula is C21H18ClN3O2S. The Morgan fingerprint density at radius 1 is 1.29 bits per heavy atom. The zero-order chi connectivity index (χ0) is 19.9. The number of benzene rings is 2. The van der Waals surface area contributed by atoms with Gasteiger partial charge in [0.2, 0.25) is 0 Å². The van der Waals surface area contributed by atoms with Crippen LogP contribution in [0.4, 0.5) is 5.69 Å². The molecule has 0 spiro atoms. The lowest BCUT2D eigenvalue weighted by molar-refractivity contribution is 0.340. The van der Waals surface area contributed by atoms with E-state index in [4.69, 9.17) is 21.1 Å². The number of methoxy groups -OCH3 is 1. The molecule has 28 heavy (non-hydrogen) atoms. The second-order valence-corrected chi connectivity index (χ2v) is 6.95. The van der Waals surface area contributed by atoms with E-state index in [-0.39, 0.29) is 0 Å². The largest absolute Gasteiger partial charge is 0.495 e. The van der Waals surface area contributed by atoms with Crippen LogP contribution < -0.4 is 14.8 Å². The van der Waals surface area contributed by atoms with Crippen LogP contribution in [-0.4, -0.2) is 18.7 Å². The van der Waals surface area contributed by atoms with E-state index in [1.54, 1.807) is 31.5 Å². The molecule has 0 amide bonds. The molecule has 3 rings (SSSR count). The normalized spacial score (nSPS) is 11.0. The van der Waals surface area contributed by atoms with Gasteiger partial charge in [-0.2, -0.15) is 5.26 Å². The number of hydrogen-bond donors (Lipinski definition) is 1. The predicted octanol–water partition coefficient (Wildman–Crippen LogP) is 5.85. The lowest BCUT2D eigenvalue weighted by Crippen LogP contribution is -1.95. The summed E-state index contributed by atoms with van der Waals surface area (Å²) in [5.41, 5.74) is 2.87. The van der Waals surface area contributed by atoms with Crippen LogP contribution in [0, 0.1) is 11.3 Å². The maximum atomic E-state index is 9.55. The molecular weight excluding hydrogens is 394 g/mol. The fourth-order valence-electron chi connectivity index (χ4n) is 2.50. The topological polar surface area (TPSA) is 67.2 Å². The van der Waals surface area contributed by atoms with Crippen LogP contribution >= 0.6 is 22.9 Å². The van der Waals surface area contributed by atoms with Gasteiger partial charge >= 0.3 is 0 Å². The van der Waals surface area contributed by atoms with Crippen LogP contribution in [0.25, 0.3) is 16.8 Å². The quantitative estimate of drug-likeness (QED) is 0.494. The van der Waals surface area contributed by atoms with Gasteiger partial charge in [-0.15, -0.1) is 11.3 Å². The summed E-state index contributed by atoms with van der Waals surface area (Å²) >= 11 is 7.45. The number of nitrogens with one attached hydrogen (secondary N) is 1. The molecule has 0 atom stereocenters. The van der Waals surface area contributed by atoms with Crippen molar-refractivity contribution >= 4 is 34.2 Å². The summed E-state index contributed by atoms with van der Waals surface area (Å²) in [6.45, 7) is 2.57. The molecule has 1 heterocycles. The number of thiazole rings is 1. The molecule has 2 aromatic carbocycles. The number of hydrogen-bond acceptors (Lipinski definition) is 6. The smallest absolute Gasteiger partial charge is 0.142 e. The zero-order valence-electron chi connectivity index (χ0n) is 15.4. The third kappa shape index (κ3) is 4.63. The Kier molecular flexibility index (Phi) is 6.53. The highest BCUT2D eigenvalue weighted by atomic mass is 35.5. The van der Waals surface area contributed by atoms with Crippen molar-refractivity contribution in [2.24, 2.45) is 0 Å². The summed E-state index contributed by atoms with van der Waals surface area (Å²) in [4.78, 5) is 4.59. The monoisotopic (exact) mass is 411 g/mol. The first-order chi connectivity index (χ1) is 13.6. The van der Waals surface area contributed by atoms with Crippen LogP contribution in [0.15, 0.2) is 54.0 Å². The number of anilines is 1. The van der Waals surface area contributed by atoms with Crippen molar-refractivity contribution in [2.45, 2.75) is 6.92 Å². The minimum Gasteiger partial charge on any atom is -0.495 e. The maximum Gasteiger partial charge on any atom is 0.142 e. The van der Waals surface area contributed by atoms with E-state index in [0.29, 0.717) is 33.6 Å². The molecule has 0 saturated heterocycles. The van der Waals surface area contributed by atoms with E-state index in [1.807, 2.05) is 36.6 Å². The van der Waals surface area contributed by atoms with E-state index < -0.39 is 0 Å². The highest BCUT2D eigenvalue weighted by molar-refractivity contribution is 7.11. The van der Waals surface area contributed by atoms with Crippen LogP contribution in [-0.2, 0) is 0 Å². The van der Waals surface area contributed by atoms with Gasteiger partial charge in [0, 0.05) is 22.2 Å². The number of rotatable bonds is 7. The summed E-state index contributed by atoms with van der Waals surface area (Å²) in [5.74, 6) is 1.45. The number of nitrogens with zero attached hydrogens (tertiary/aromatic N) is 2. The minimum absolute atomic E-state index is 0.421. The Morgan fingerprint density at radius 2 is 2.07 bits per heavy atom. The van der Waals surface area contributed by atoms with Crippen LogP contribution in [0.1, 0.15) is 11.9 Å². The minimum atomic E-state index is 0.421. The van der Waals surface area contributed by atoms with Crippen molar-refractivity contribution in [1.29, 1.82) is 5.26 Å². The van der Waals surface area contributed by atoms with Gasteiger partial charge in [0.25, 0.3) is 0 Å². The SMILES string of the molecule is CCOc1ccc(-c2csc(/C(C#N)=C/Nc3cc(Cl)ccc3OC)n2)cc1. The summed E-state index contributed by atoms with van der Waals surface area (Å²) in [5, 5.41) is 15.8. The highest BCUT2D eigenvalue weighted by Crippen LogP contribution is 2.30. The Bertz CT molecular complexity index is 1020. The third-order valence-electron chi connectivity index (χ3n) is 3.85. The van der Waals surface area contributed by atoms with Crippen molar-refractivity contribution in [3.63, 3.8) is 0 Å². The predicted molar refractivity (Wildman–Crippen MR) is 114 cm³/mol. The fourth-order valence-corrected chi connectivity index (χ4v) is 3.47. The van der Waals surface area contributed by atoms with Crippen molar-refractivity contribution < 1.29 is 9.47 Å². The summed E-state index contributed by atoms with van der Waals surface area (Å²) in [6.07, 6.45) is 1.61. The molecule has 1 N–H and O–H groups in total. The zero-order valence-corrected chi connectivity index (χ0v) is 17.0. The average molecular weight is 412 g/mol. The van der Waals surface area contributed by atoms with Gasteiger partial charge in [-0.05, 0) is 49.4 Å². The average Bonchev–Trinajstić information content (AvgIpc) is 3.19. The van der Waals surface area contributed by atoms with Gasteiger partial charge in [-0.25, -0.2) is 4.98 Å². The molecule has 3 aromatic rings. The Labute approximate surface area is 172 Å². The van der Waals surface area contributed by atoms with Crippen LogP contribution in [0.2, 0.25) is 5.02 Å². The van der Waals surface area contributed by atoms with E-state index in [2.05, 4.69) is 16.4 Å².